The van der Waals surface area contributed by atoms with Crippen molar-refractivity contribution >= 4 is 11.5 Å². The second kappa shape index (κ2) is 3.14. The van der Waals surface area contributed by atoms with Crippen molar-refractivity contribution < 1.29 is 10.0 Å². The monoisotopic (exact) mass is 151 g/mol. The Morgan fingerprint density at radius 2 is 2.27 bits per heavy atom. The minimum absolute atomic E-state index is 0.0000926. The SMILES string of the molecule is CCC1=C/C(=N\O)C=CC1=O. The van der Waals surface area contributed by atoms with Gasteiger partial charge < -0.3 is 5.21 Å². The molecule has 0 fully saturated rings. The zero-order valence-electron chi connectivity index (χ0n) is 6.24. The Morgan fingerprint density at radius 3 is 2.82 bits per heavy atom. The van der Waals surface area contributed by atoms with E-state index in [0.717, 1.165) is 0 Å². The summed E-state index contributed by atoms with van der Waals surface area (Å²) in [6, 6.07) is 0. The second-order valence-corrected chi connectivity index (χ2v) is 2.25. The van der Waals surface area contributed by atoms with Crippen molar-refractivity contribution in [3.05, 3.63) is 23.8 Å². The molecule has 11 heavy (non-hydrogen) atoms. The van der Waals surface area contributed by atoms with Gasteiger partial charge in [-0.3, -0.25) is 4.79 Å². The van der Waals surface area contributed by atoms with Gasteiger partial charge in [-0.2, -0.15) is 0 Å². The van der Waals surface area contributed by atoms with Crippen LogP contribution >= 0.6 is 0 Å². The van der Waals surface area contributed by atoms with E-state index in [1.807, 2.05) is 6.92 Å². The van der Waals surface area contributed by atoms with Crippen molar-refractivity contribution in [3.63, 3.8) is 0 Å². The molecule has 3 nitrogen and oxygen atoms in total. The van der Waals surface area contributed by atoms with E-state index < -0.39 is 0 Å². The van der Waals surface area contributed by atoms with Gasteiger partial charge in [0.05, 0.1) is 0 Å². The maximum absolute atomic E-state index is 11.0. The van der Waals surface area contributed by atoms with Crippen LogP contribution in [0, 0.1) is 0 Å². The minimum atomic E-state index is -0.0000926. The molecule has 1 rings (SSSR count). The summed E-state index contributed by atoms with van der Waals surface area (Å²) < 4.78 is 0. The highest BCUT2D eigenvalue weighted by molar-refractivity contribution is 6.18. The van der Waals surface area contributed by atoms with Crippen LogP contribution in [-0.4, -0.2) is 16.7 Å². The average Bonchev–Trinajstić information content (AvgIpc) is 2.05. The van der Waals surface area contributed by atoms with Crippen molar-refractivity contribution in [3.8, 4) is 0 Å². The zero-order valence-corrected chi connectivity index (χ0v) is 6.24. The summed E-state index contributed by atoms with van der Waals surface area (Å²) in [5, 5.41) is 11.4. The third kappa shape index (κ3) is 1.55. The molecule has 0 bridgehead atoms. The third-order valence-electron chi connectivity index (χ3n) is 1.54. The van der Waals surface area contributed by atoms with E-state index in [1.165, 1.54) is 12.2 Å². The summed E-state index contributed by atoms with van der Waals surface area (Å²) in [6.07, 6.45) is 5.15. The Kier molecular flexibility index (Phi) is 2.21. The van der Waals surface area contributed by atoms with Crippen molar-refractivity contribution in [1.82, 2.24) is 0 Å². The van der Waals surface area contributed by atoms with E-state index in [4.69, 9.17) is 5.21 Å². The Labute approximate surface area is 64.7 Å². The molecule has 1 aliphatic carbocycles. The molecule has 0 unspecified atom stereocenters. The Hall–Kier alpha value is -1.38. The van der Waals surface area contributed by atoms with Gasteiger partial charge in [-0.1, -0.05) is 12.1 Å². The van der Waals surface area contributed by atoms with Crippen LogP contribution in [-0.2, 0) is 4.79 Å². The van der Waals surface area contributed by atoms with Crippen LogP contribution in [0.2, 0.25) is 0 Å². The molecule has 0 aliphatic heterocycles. The van der Waals surface area contributed by atoms with Gasteiger partial charge in [0.2, 0.25) is 0 Å². The Morgan fingerprint density at radius 1 is 1.55 bits per heavy atom. The molecular formula is C8H9NO2. The topological polar surface area (TPSA) is 49.7 Å². The molecule has 0 atom stereocenters. The van der Waals surface area contributed by atoms with Gasteiger partial charge in [-0.25, -0.2) is 0 Å². The van der Waals surface area contributed by atoms with Crippen molar-refractivity contribution in [1.29, 1.82) is 0 Å². The van der Waals surface area contributed by atoms with Crippen molar-refractivity contribution in [2.24, 2.45) is 5.16 Å². The number of carbonyl (C=O) groups is 1. The summed E-state index contributed by atoms with van der Waals surface area (Å²) in [5.74, 6) is -0.0000926. The lowest BCUT2D eigenvalue weighted by Crippen LogP contribution is -2.06. The summed E-state index contributed by atoms with van der Waals surface area (Å²) in [6.45, 7) is 1.89. The Bertz CT molecular complexity index is 261. The number of nitrogens with zero attached hydrogens (tertiary/aromatic N) is 1. The fourth-order valence-corrected chi connectivity index (χ4v) is 0.904. The van der Waals surface area contributed by atoms with Gasteiger partial charge in [0, 0.05) is 5.57 Å². The van der Waals surface area contributed by atoms with E-state index >= 15 is 0 Å². The van der Waals surface area contributed by atoms with E-state index in [0.29, 0.717) is 17.7 Å². The van der Waals surface area contributed by atoms with E-state index in [1.54, 1.807) is 6.08 Å². The normalized spacial score (nSPS) is 20.6. The highest BCUT2D eigenvalue weighted by atomic mass is 16.4. The molecule has 1 N–H and O–H groups in total. The number of rotatable bonds is 1. The third-order valence-corrected chi connectivity index (χ3v) is 1.54. The fourth-order valence-electron chi connectivity index (χ4n) is 0.904. The second-order valence-electron chi connectivity index (χ2n) is 2.25. The number of allylic oxidation sites excluding steroid dienone is 4. The molecule has 0 aromatic carbocycles. The van der Waals surface area contributed by atoms with Crippen LogP contribution in [0.15, 0.2) is 29.0 Å². The van der Waals surface area contributed by atoms with Crippen LogP contribution in [0.5, 0.6) is 0 Å². The van der Waals surface area contributed by atoms with Gasteiger partial charge in [-0.05, 0) is 24.6 Å². The lowest BCUT2D eigenvalue weighted by molar-refractivity contribution is -0.111. The molecular weight excluding hydrogens is 142 g/mol. The first-order chi connectivity index (χ1) is 5.27. The first kappa shape index (κ1) is 7.72. The first-order valence-corrected chi connectivity index (χ1v) is 3.43. The predicted octanol–water partition coefficient (Wildman–Crippen LogP) is 1.29. The molecule has 0 aromatic rings. The molecule has 1 aliphatic rings. The zero-order chi connectivity index (χ0) is 8.27. The number of hydrogen-bond donors (Lipinski definition) is 1. The van der Waals surface area contributed by atoms with Crippen LogP contribution in [0.4, 0.5) is 0 Å². The highest BCUT2D eigenvalue weighted by Gasteiger charge is 2.09. The van der Waals surface area contributed by atoms with Gasteiger partial charge in [0.1, 0.15) is 5.71 Å². The average molecular weight is 151 g/mol. The maximum Gasteiger partial charge on any atom is 0.181 e. The quantitative estimate of drug-likeness (QED) is 0.349. The maximum atomic E-state index is 11.0. The molecule has 0 spiro atoms. The van der Waals surface area contributed by atoms with Crippen LogP contribution in [0.3, 0.4) is 0 Å². The number of oxime groups is 1. The van der Waals surface area contributed by atoms with Crippen molar-refractivity contribution in [2.45, 2.75) is 13.3 Å². The predicted molar refractivity (Wildman–Crippen MR) is 41.7 cm³/mol. The standard InChI is InChI=1S/C8H9NO2/c1-2-6-5-7(9-11)3-4-8(6)10/h3-5,11H,2H2,1H3/b9-7-. The summed E-state index contributed by atoms with van der Waals surface area (Å²) in [5.41, 5.74) is 1.11. The van der Waals surface area contributed by atoms with E-state index in [2.05, 4.69) is 5.16 Å². The van der Waals surface area contributed by atoms with Gasteiger partial charge in [0.25, 0.3) is 0 Å². The summed E-state index contributed by atoms with van der Waals surface area (Å²) >= 11 is 0. The summed E-state index contributed by atoms with van der Waals surface area (Å²) in [7, 11) is 0. The molecule has 0 radical (unpaired) electrons. The van der Waals surface area contributed by atoms with Crippen LogP contribution in [0.25, 0.3) is 0 Å². The van der Waals surface area contributed by atoms with E-state index in [-0.39, 0.29) is 5.78 Å². The van der Waals surface area contributed by atoms with Gasteiger partial charge >= 0.3 is 0 Å². The fraction of sp³-hybridized carbons (Fsp3) is 0.250. The van der Waals surface area contributed by atoms with E-state index in [9.17, 15) is 4.79 Å². The number of hydrogen-bond acceptors (Lipinski definition) is 3. The van der Waals surface area contributed by atoms with Crippen LogP contribution < -0.4 is 0 Å². The molecule has 0 saturated carbocycles. The molecule has 0 heterocycles. The molecule has 0 aromatic heterocycles. The number of ketones is 1. The smallest absolute Gasteiger partial charge is 0.181 e. The van der Waals surface area contributed by atoms with Crippen LogP contribution in [0.1, 0.15) is 13.3 Å². The largest absolute Gasteiger partial charge is 0.410 e. The first-order valence-electron chi connectivity index (χ1n) is 3.43. The van der Waals surface area contributed by atoms with Crippen molar-refractivity contribution in [2.75, 3.05) is 0 Å². The molecule has 3 heteroatoms. The van der Waals surface area contributed by atoms with Gasteiger partial charge in [0.15, 0.2) is 5.78 Å². The number of carbonyl (C=O) groups excluding carboxylic acids is 1. The molecule has 0 saturated heterocycles. The molecule has 58 valence electrons. The molecule has 0 amide bonds. The lowest BCUT2D eigenvalue weighted by Gasteiger charge is -2.03. The summed E-state index contributed by atoms with van der Waals surface area (Å²) in [4.78, 5) is 11.0. The van der Waals surface area contributed by atoms with Gasteiger partial charge in [-0.15, -0.1) is 0 Å². The Balaban J connectivity index is 2.93. The highest BCUT2D eigenvalue weighted by Crippen LogP contribution is 2.08. The lowest BCUT2D eigenvalue weighted by atomic mass is 10.0. The minimum Gasteiger partial charge on any atom is -0.410 e.